The zero-order valence-electron chi connectivity index (χ0n) is 13.2. The Bertz CT molecular complexity index is 749. The van der Waals surface area contributed by atoms with Gasteiger partial charge in [-0.1, -0.05) is 23.8 Å². The van der Waals surface area contributed by atoms with Crippen LogP contribution in [0.3, 0.4) is 0 Å². The second-order valence-electron chi connectivity index (χ2n) is 6.31. The molecule has 0 saturated carbocycles. The van der Waals surface area contributed by atoms with Crippen molar-refractivity contribution in [1.29, 1.82) is 0 Å². The van der Waals surface area contributed by atoms with Gasteiger partial charge in [-0.15, -0.1) is 0 Å². The normalized spacial score (nSPS) is 22.3. The van der Waals surface area contributed by atoms with Crippen LogP contribution < -0.4 is 0 Å². The average Bonchev–Trinajstić information content (AvgIpc) is 2.72. The van der Waals surface area contributed by atoms with Gasteiger partial charge in [0.2, 0.25) is 0 Å². The van der Waals surface area contributed by atoms with Gasteiger partial charge in [0.05, 0.1) is 11.0 Å². The second kappa shape index (κ2) is 5.43. The third-order valence-corrected chi connectivity index (χ3v) is 4.91. The van der Waals surface area contributed by atoms with Crippen LogP contribution in [-0.2, 0) is 6.54 Å². The fourth-order valence-corrected chi connectivity index (χ4v) is 3.55. The van der Waals surface area contributed by atoms with Crippen molar-refractivity contribution in [3.8, 4) is 0 Å². The number of aromatic amines is 1. The number of hydrogen-bond acceptors (Lipinski definition) is 2. The van der Waals surface area contributed by atoms with E-state index in [2.05, 4.69) is 66.4 Å². The van der Waals surface area contributed by atoms with E-state index in [4.69, 9.17) is 12.2 Å². The molecule has 3 nitrogen and oxygen atoms in total. The van der Waals surface area contributed by atoms with Gasteiger partial charge >= 0.3 is 0 Å². The first-order valence-corrected chi connectivity index (χ1v) is 7.99. The summed E-state index contributed by atoms with van der Waals surface area (Å²) in [5.41, 5.74) is 5.16. The molecule has 1 N–H and O–H groups in total. The van der Waals surface area contributed by atoms with E-state index in [-0.39, 0.29) is 0 Å². The first kappa shape index (κ1) is 14.5. The minimum absolute atomic E-state index is 0.362. The number of H-pyrrole nitrogens is 1. The third-order valence-electron chi connectivity index (χ3n) is 4.61. The molecule has 0 unspecified atom stereocenters. The van der Waals surface area contributed by atoms with E-state index < -0.39 is 0 Å². The van der Waals surface area contributed by atoms with Gasteiger partial charge in [-0.05, 0) is 51.5 Å². The minimum atomic E-state index is 0.362. The van der Waals surface area contributed by atoms with E-state index in [0.29, 0.717) is 12.1 Å². The smallest absolute Gasteiger partial charge is 0.178 e. The summed E-state index contributed by atoms with van der Waals surface area (Å²) in [5, 5.41) is 0. The molecule has 4 heteroatoms. The fourth-order valence-electron chi connectivity index (χ4n) is 3.18. The summed E-state index contributed by atoms with van der Waals surface area (Å²) < 4.78 is 3.13. The maximum atomic E-state index is 5.56. The molecule has 0 saturated heterocycles. The molecule has 2 aromatic rings. The molecule has 0 spiro atoms. The van der Waals surface area contributed by atoms with Crippen LogP contribution in [0.15, 0.2) is 29.8 Å². The van der Waals surface area contributed by atoms with Crippen LogP contribution in [0.5, 0.6) is 0 Å². The van der Waals surface area contributed by atoms with E-state index in [1.165, 1.54) is 16.7 Å². The molecule has 0 bridgehead atoms. The molecule has 112 valence electrons. The first-order chi connectivity index (χ1) is 9.99. The molecule has 0 amide bonds. The predicted molar refractivity (Wildman–Crippen MR) is 91.1 cm³/mol. The largest absolute Gasteiger partial charge is 0.331 e. The molecule has 1 aliphatic rings. The molecule has 1 aromatic heterocycles. The summed E-state index contributed by atoms with van der Waals surface area (Å²) in [5.74, 6) is 0. The molecule has 2 heterocycles. The highest BCUT2D eigenvalue weighted by Crippen LogP contribution is 2.31. The van der Waals surface area contributed by atoms with Crippen LogP contribution >= 0.6 is 12.2 Å². The number of rotatable bonds is 2. The van der Waals surface area contributed by atoms with E-state index >= 15 is 0 Å². The number of benzene rings is 1. The molecule has 0 fully saturated rings. The van der Waals surface area contributed by atoms with Crippen molar-refractivity contribution < 1.29 is 0 Å². The summed E-state index contributed by atoms with van der Waals surface area (Å²) in [6.45, 7) is 10.9. The Hall–Kier alpha value is -1.39. The molecular weight excluding hydrogens is 278 g/mol. The third kappa shape index (κ3) is 2.47. The lowest BCUT2D eigenvalue weighted by Crippen LogP contribution is -2.36. The zero-order valence-corrected chi connectivity index (χ0v) is 14.0. The highest BCUT2D eigenvalue weighted by Gasteiger charge is 2.27. The lowest BCUT2D eigenvalue weighted by Gasteiger charge is -2.30. The number of hydrogen-bond donors (Lipinski definition) is 1. The number of nitrogens with zero attached hydrogens (tertiary/aromatic N) is 2. The van der Waals surface area contributed by atoms with E-state index in [1.807, 2.05) is 0 Å². The van der Waals surface area contributed by atoms with Crippen LogP contribution in [-0.4, -0.2) is 27.0 Å². The number of nitrogens with one attached hydrogen (secondary N) is 1. The van der Waals surface area contributed by atoms with E-state index in [0.717, 1.165) is 23.4 Å². The Balaban J connectivity index is 2.13. The molecule has 1 aliphatic heterocycles. The molecule has 1 aromatic carbocycles. The van der Waals surface area contributed by atoms with Gasteiger partial charge in [-0.2, -0.15) is 0 Å². The Labute approximate surface area is 131 Å². The van der Waals surface area contributed by atoms with Gasteiger partial charge in [0.25, 0.3) is 0 Å². The summed E-state index contributed by atoms with van der Waals surface area (Å²) in [7, 11) is 0. The van der Waals surface area contributed by atoms with Crippen LogP contribution in [0.2, 0.25) is 0 Å². The Morgan fingerprint density at radius 2 is 2.10 bits per heavy atom. The van der Waals surface area contributed by atoms with E-state index in [1.54, 1.807) is 0 Å². The van der Waals surface area contributed by atoms with Gasteiger partial charge in [-0.25, -0.2) is 0 Å². The average molecular weight is 301 g/mol. The van der Waals surface area contributed by atoms with Crippen LogP contribution in [0.25, 0.3) is 11.0 Å². The number of para-hydroxylation sites is 1. The number of imidazole rings is 1. The SMILES string of the molecule is CC(C)=CCN1Cc2cccc3[nH]c(=S)n(c23)[C@@H](C)[C@@H]1C. The Kier molecular flexibility index (Phi) is 3.76. The monoisotopic (exact) mass is 301 g/mol. The van der Waals surface area contributed by atoms with Crippen molar-refractivity contribution in [1.82, 2.24) is 14.5 Å². The molecule has 21 heavy (non-hydrogen) atoms. The minimum Gasteiger partial charge on any atom is -0.331 e. The van der Waals surface area contributed by atoms with Crippen molar-refractivity contribution in [2.45, 2.75) is 46.3 Å². The summed E-state index contributed by atoms with van der Waals surface area (Å²) in [4.78, 5) is 5.89. The van der Waals surface area contributed by atoms with Gasteiger partial charge < -0.3 is 9.55 Å². The summed E-state index contributed by atoms with van der Waals surface area (Å²) in [6.07, 6.45) is 2.31. The highest BCUT2D eigenvalue weighted by atomic mass is 32.1. The molecule has 0 aliphatic carbocycles. The summed E-state index contributed by atoms with van der Waals surface area (Å²) >= 11 is 5.56. The standard InChI is InChI=1S/C17H23N3S/c1-11(2)8-9-19-10-14-6-5-7-15-16(14)20(17(21)18-15)13(4)12(19)3/h5-8,12-13H,9-10H2,1-4H3,(H,18,21)/t12-,13-/m0/s1. The molecular formula is C17H23N3S. The fraction of sp³-hybridized carbons (Fsp3) is 0.471. The lowest BCUT2D eigenvalue weighted by atomic mass is 10.1. The quantitative estimate of drug-likeness (QED) is 0.655. The number of allylic oxidation sites excluding steroid dienone is 1. The topological polar surface area (TPSA) is 24.0 Å². The molecule has 0 radical (unpaired) electrons. The maximum Gasteiger partial charge on any atom is 0.178 e. The highest BCUT2D eigenvalue weighted by molar-refractivity contribution is 7.71. The zero-order chi connectivity index (χ0) is 15.1. The van der Waals surface area contributed by atoms with Crippen molar-refractivity contribution in [3.05, 3.63) is 40.2 Å². The number of aromatic nitrogens is 2. The van der Waals surface area contributed by atoms with Gasteiger partial charge in [0, 0.05) is 25.2 Å². The van der Waals surface area contributed by atoms with Crippen molar-refractivity contribution in [2.75, 3.05) is 6.54 Å². The van der Waals surface area contributed by atoms with Gasteiger partial charge in [-0.3, -0.25) is 4.90 Å². The van der Waals surface area contributed by atoms with Crippen LogP contribution in [0.1, 0.15) is 39.3 Å². The van der Waals surface area contributed by atoms with Crippen molar-refractivity contribution >= 4 is 23.3 Å². The van der Waals surface area contributed by atoms with Crippen molar-refractivity contribution in [2.24, 2.45) is 0 Å². The molecule has 3 rings (SSSR count). The Morgan fingerprint density at radius 3 is 2.81 bits per heavy atom. The van der Waals surface area contributed by atoms with E-state index in [9.17, 15) is 0 Å². The van der Waals surface area contributed by atoms with Crippen molar-refractivity contribution in [3.63, 3.8) is 0 Å². The Morgan fingerprint density at radius 1 is 1.33 bits per heavy atom. The van der Waals surface area contributed by atoms with Gasteiger partial charge in [0.15, 0.2) is 4.77 Å². The summed E-state index contributed by atoms with van der Waals surface area (Å²) in [6, 6.07) is 7.27. The second-order valence-corrected chi connectivity index (χ2v) is 6.69. The lowest BCUT2D eigenvalue weighted by molar-refractivity contribution is 0.181. The first-order valence-electron chi connectivity index (χ1n) is 7.58. The maximum absolute atomic E-state index is 5.56. The van der Waals surface area contributed by atoms with Crippen LogP contribution in [0.4, 0.5) is 0 Å². The van der Waals surface area contributed by atoms with Crippen LogP contribution in [0, 0.1) is 4.77 Å². The van der Waals surface area contributed by atoms with Gasteiger partial charge in [0.1, 0.15) is 0 Å². The predicted octanol–water partition coefficient (Wildman–Crippen LogP) is 4.43. The molecule has 2 atom stereocenters.